The van der Waals surface area contributed by atoms with E-state index < -0.39 is 0 Å². The second-order valence-corrected chi connectivity index (χ2v) is 6.74. The molecule has 1 heterocycles. The molecule has 1 N–H and O–H groups in total. The van der Waals surface area contributed by atoms with Gasteiger partial charge in [0.25, 0.3) is 5.91 Å². The molecule has 1 aromatic carbocycles. The Hall–Kier alpha value is -1.87. The van der Waals surface area contributed by atoms with Crippen molar-refractivity contribution in [2.45, 2.75) is 38.6 Å². The molecule has 0 aliphatic heterocycles. The van der Waals surface area contributed by atoms with Crippen LogP contribution in [0.15, 0.2) is 42.5 Å². The van der Waals surface area contributed by atoms with E-state index in [1.54, 1.807) is 6.07 Å². The lowest BCUT2D eigenvalue weighted by Crippen LogP contribution is -2.38. The second kappa shape index (κ2) is 7.14. The molecule has 1 aromatic heterocycles. The quantitative estimate of drug-likeness (QED) is 0.886. The van der Waals surface area contributed by atoms with Crippen LogP contribution >= 0.6 is 11.6 Å². The number of halogens is 1. The van der Waals surface area contributed by atoms with Crippen molar-refractivity contribution in [1.29, 1.82) is 0 Å². The van der Waals surface area contributed by atoms with Gasteiger partial charge in [0, 0.05) is 16.6 Å². The number of amides is 1. The first-order valence-electron chi connectivity index (χ1n) is 8.16. The molecule has 2 unspecified atom stereocenters. The number of rotatable bonds is 3. The number of pyridine rings is 1. The van der Waals surface area contributed by atoms with Gasteiger partial charge in [0.1, 0.15) is 5.69 Å². The Balaban J connectivity index is 1.77. The minimum atomic E-state index is -0.0991. The van der Waals surface area contributed by atoms with E-state index in [1.807, 2.05) is 36.4 Å². The molecule has 1 saturated carbocycles. The lowest BCUT2D eigenvalue weighted by atomic mass is 9.87. The van der Waals surface area contributed by atoms with Crippen LogP contribution < -0.4 is 5.32 Å². The zero-order valence-corrected chi connectivity index (χ0v) is 14.0. The Morgan fingerprint density at radius 1 is 1.17 bits per heavy atom. The molecule has 2 atom stereocenters. The Morgan fingerprint density at radius 3 is 2.78 bits per heavy atom. The van der Waals surface area contributed by atoms with Crippen LogP contribution in [-0.2, 0) is 0 Å². The van der Waals surface area contributed by atoms with Crippen LogP contribution in [0.4, 0.5) is 0 Å². The number of benzene rings is 1. The molecule has 3 nitrogen and oxygen atoms in total. The molecule has 0 bridgehead atoms. The summed E-state index contributed by atoms with van der Waals surface area (Å²) in [6, 6.07) is 13.3. The molecule has 2 aromatic rings. The molecule has 120 valence electrons. The molecule has 3 rings (SSSR count). The van der Waals surface area contributed by atoms with E-state index in [1.165, 1.54) is 12.8 Å². The minimum Gasteiger partial charge on any atom is -0.348 e. The van der Waals surface area contributed by atoms with Gasteiger partial charge in [0.2, 0.25) is 0 Å². The minimum absolute atomic E-state index is 0.0991. The van der Waals surface area contributed by atoms with Gasteiger partial charge in [-0.15, -0.1) is 0 Å². The fourth-order valence-electron chi connectivity index (χ4n) is 3.20. The first kappa shape index (κ1) is 16.0. The maximum absolute atomic E-state index is 12.5. The highest BCUT2D eigenvalue weighted by atomic mass is 35.5. The molecule has 1 aliphatic carbocycles. The van der Waals surface area contributed by atoms with Crippen molar-refractivity contribution in [3.8, 4) is 11.3 Å². The van der Waals surface area contributed by atoms with Crippen molar-refractivity contribution in [3.63, 3.8) is 0 Å². The third-order valence-corrected chi connectivity index (χ3v) is 4.73. The highest BCUT2D eigenvalue weighted by Gasteiger charge is 2.21. The Kier molecular flexibility index (Phi) is 4.97. The van der Waals surface area contributed by atoms with Crippen molar-refractivity contribution in [2.75, 3.05) is 0 Å². The molecule has 1 aliphatic rings. The number of nitrogens with zero attached hydrogens (tertiary/aromatic N) is 1. The number of carbonyl (C=O) groups is 1. The first-order chi connectivity index (χ1) is 11.1. The van der Waals surface area contributed by atoms with E-state index >= 15 is 0 Å². The zero-order chi connectivity index (χ0) is 16.2. The highest BCUT2D eigenvalue weighted by molar-refractivity contribution is 6.33. The predicted molar refractivity (Wildman–Crippen MR) is 93.6 cm³/mol. The molecule has 1 fully saturated rings. The van der Waals surface area contributed by atoms with Gasteiger partial charge in [-0.25, -0.2) is 4.98 Å². The molecule has 0 radical (unpaired) electrons. The van der Waals surface area contributed by atoms with Crippen LogP contribution in [0.2, 0.25) is 5.02 Å². The van der Waals surface area contributed by atoms with Gasteiger partial charge in [-0.05, 0) is 37.0 Å². The monoisotopic (exact) mass is 328 g/mol. The lowest BCUT2D eigenvalue weighted by Gasteiger charge is -2.27. The predicted octanol–water partition coefficient (Wildman–Crippen LogP) is 4.71. The average molecular weight is 329 g/mol. The van der Waals surface area contributed by atoms with Crippen molar-refractivity contribution < 1.29 is 4.79 Å². The number of aromatic nitrogens is 1. The van der Waals surface area contributed by atoms with Crippen LogP contribution in [0.5, 0.6) is 0 Å². The van der Waals surface area contributed by atoms with Crippen molar-refractivity contribution in [2.24, 2.45) is 5.92 Å². The molecule has 4 heteroatoms. The van der Waals surface area contributed by atoms with E-state index in [0.717, 1.165) is 24.1 Å². The van der Waals surface area contributed by atoms with Crippen LogP contribution in [0.1, 0.15) is 43.1 Å². The highest BCUT2D eigenvalue weighted by Crippen LogP contribution is 2.26. The van der Waals surface area contributed by atoms with Crippen LogP contribution in [0.25, 0.3) is 11.3 Å². The summed E-state index contributed by atoms with van der Waals surface area (Å²) in [5.41, 5.74) is 2.01. The van der Waals surface area contributed by atoms with E-state index in [-0.39, 0.29) is 11.9 Å². The molecular weight excluding hydrogens is 308 g/mol. The summed E-state index contributed by atoms with van der Waals surface area (Å²) in [6.07, 6.45) is 4.54. The van der Waals surface area contributed by atoms with E-state index in [2.05, 4.69) is 17.2 Å². The molecule has 0 spiro atoms. The van der Waals surface area contributed by atoms with Crippen LogP contribution in [0, 0.1) is 5.92 Å². The largest absolute Gasteiger partial charge is 0.348 e. The Labute approximate surface area is 142 Å². The number of carbonyl (C=O) groups excluding carboxylic acids is 1. The van der Waals surface area contributed by atoms with Crippen molar-refractivity contribution in [3.05, 3.63) is 53.2 Å². The number of hydrogen-bond acceptors (Lipinski definition) is 2. The summed E-state index contributed by atoms with van der Waals surface area (Å²) in [4.78, 5) is 17.0. The smallest absolute Gasteiger partial charge is 0.270 e. The Bertz CT molecular complexity index is 701. The van der Waals surface area contributed by atoms with Gasteiger partial charge in [0.15, 0.2) is 0 Å². The first-order valence-corrected chi connectivity index (χ1v) is 8.54. The van der Waals surface area contributed by atoms with Gasteiger partial charge >= 0.3 is 0 Å². The third-order valence-electron chi connectivity index (χ3n) is 4.40. The van der Waals surface area contributed by atoms with Crippen molar-refractivity contribution >= 4 is 17.5 Å². The normalized spacial score (nSPS) is 21.0. The summed E-state index contributed by atoms with van der Waals surface area (Å²) < 4.78 is 0. The van der Waals surface area contributed by atoms with Gasteiger partial charge in [-0.3, -0.25) is 4.79 Å². The average Bonchev–Trinajstić information content (AvgIpc) is 2.55. The summed E-state index contributed by atoms with van der Waals surface area (Å²) in [6.45, 7) is 2.24. The van der Waals surface area contributed by atoms with Gasteiger partial charge in [-0.2, -0.15) is 0 Å². The topological polar surface area (TPSA) is 42.0 Å². The summed E-state index contributed by atoms with van der Waals surface area (Å²) >= 11 is 6.22. The number of nitrogens with one attached hydrogen (secondary N) is 1. The van der Waals surface area contributed by atoms with E-state index in [9.17, 15) is 4.79 Å². The summed E-state index contributed by atoms with van der Waals surface area (Å²) in [5.74, 6) is 0.578. The fraction of sp³-hybridized carbons (Fsp3) is 0.368. The Morgan fingerprint density at radius 2 is 2.00 bits per heavy atom. The SMILES string of the molecule is CC1CCCC(NC(=O)c2cccc(-c3ccccc3Cl)n2)C1. The maximum Gasteiger partial charge on any atom is 0.270 e. The molecule has 0 saturated heterocycles. The van der Waals surface area contributed by atoms with Gasteiger partial charge in [-0.1, -0.05) is 55.6 Å². The van der Waals surface area contributed by atoms with Crippen molar-refractivity contribution in [1.82, 2.24) is 10.3 Å². The van der Waals surface area contributed by atoms with E-state index in [0.29, 0.717) is 16.6 Å². The van der Waals surface area contributed by atoms with Crippen LogP contribution in [0.3, 0.4) is 0 Å². The van der Waals surface area contributed by atoms with Gasteiger partial charge in [0.05, 0.1) is 5.69 Å². The number of hydrogen-bond donors (Lipinski definition) is 1. The van der Waals surface area contributed by atoms with E-state index in [4.69, 9.17) is 11.6 Å². The lowest BCUT2D eigenvalue weighted by molar-refractivity contribution is 0.0916. The zero-order valence-electron chi connectivity index (χ0n) is 13.3. The van der Waals surface area contributed by atoms with Gasteiger partial charge < -0.3 is 5.32 Å². The summed E-state index contributed by atoms with van der Waals surface area (Å²) in [7, 11) is 0. The second-order valence-electron chi connectivity index (χ2n) is 6.33. The summed E-state index contributed by atoms with van der Waals surface area (Å²) in [5, 5.41) is 3.76. The van der Waals surface area contributed by atoms with Crippen LogP contribution in [-0.4, -0.2) is 16.9 Å². The fourth-order valence-corrected chi connectivity index (χ4v) is 3.44. The molecule has 1 amide bonds. The maximum atomic E-state index is 12.5. The molecular formula is C19H21ClN2O. The third kappa shape index (κ3) is 3.91. The molecule has 23 heavy (non-hydrogen) atoms. The standard InChI is InChI=1S/C19H21ClN2O/c1-13-6-4-7-14(12-13)21-19(23)18-11-5-10-17(22-18)15-8-2-3-9-16(15)20/h2-3,5,8-11,13-14H,4,6-7,12H2,1H3,(H,21,23).